The molecular formula is C8H16N2O. The van der Waals surface area contributed by atoms with Gasteiger partial charge in [-0.25, -0.2) is 0 Å². The Bertz CT molecular complexity index is 147. The first-order valence-electron chi connectivity index (χ1n) is 4.29. The normalized spacial score (nSPS) is 27.8. The predicted molar refractivity (Wildman–Crippen MR) is 44.0 cm³/mol. The molecule has 0 saturated carbocycles. The van der Waals surface area contributed by atoms with Crippen molar-refractivity contribution in [2.45, 2.75) is 32.2 Å². The predicted octanol–water partition coefficient (Wildman–Crippen LogP) is 0.250. The molecule has 1 aliphatic heterocycles. The van der Waals surface area contributed by atoms with Gasteiger partial charge in [-0.1, -0.05) is 6.92 Å². The van der Waals surface area contributed by atoms with Crippen LogP contribution in [0.15, 0.2) is 0 Å². The summed E-state index contributed by atoms with van der Waals surface area (Å²) in [6.45, 7) is 2.85. The highest BCUT2D eigenvalue weighted by Crippen LogP contribution is 2.15. The summed E-state index contributed by atoms with van der Waals surface area (Å²) in [6.07, 6.45) is 2.92. The molecule has 3 N–H and O–H groups in total. The van der Waals surface area contributed by atoms with E-state index in [1.807, 2.05) is 6.92 Å². The van der Waals surface area contributed by atoms with Crippen molar-refractivity contribution in [2.24, 2.45) is 11.7 Å². The lowest BCUT2D eigenvalue weighted by atomic mass is 9.90. The van der Waals surface area contributed by atoms with E-state index in [1.54, 1.807) is 0 Å². The first kappa shape index (κ1) is 8.53. The number of carbonyl (C=O) groups is 1. The third-order valence-corrected chi connectivity index (χ3v) is 2.32. The van der Waals surface area contributed by atoms with Crippen LogP contribution in [0.2, 0.25) is 0 Å². The molecule has 64 valence electrons. The van der Waals surface area contributed by atoms with Gasteiger partial charge in [0.2, 0.25) is 5.91 Å². The highest BCUT2D eigenvalue weighted by molar-refractivity contribution is 5.79. The maximum absolute atomic E-state index is 11.2. The Kier molecular flexibility index (Phi) is 2.88. The van der Waals surface area contributed by atoms with Crippen LogP contribution in [-0.4, -0.2) is 18.5 Å². The Morgan fingerprint density at radius 2 is 2.55 bits per heavy atom. The van der Waals surface area contributed by atoms with Crippen molar-refractivity contribution >= 4 is 5.91 Å². The highest BCUT2D eigenvalue weighted by Gasteiger charge is 2.26. The molecule has 3 nitrogen and oxygen atoms in total. The van der Waals surface area contributed by atoms with Gasteiger partial charge >= 0.3 is 0 Å². The zero-order valence-electron chi connectivity index (χ0n) is 6.97. The Labute approximate surface area is 67.3 Å². The first-order valence-corrected chi connectivity index (χ1v) is 4.29. The van der Waals surface area contributed by atoms with Gasteiger partial charge in [-0.3, -0.25) is 4.79 Å². The molecule has 1 amide bonds. The molecule has 0 bridgehead atoms. The van der Waals surface area contributed by atoms with Gasteiger partial charge in [0, 0.05) is 12.6 Å². The maximum atomic E-state index is 11.2. The van der Waals surface area contributed by atoms with Gasteiger partial charge in [0.05, 0.1) is 5.92 Å². The van der Waals surface area contributed by atoms with Gasteiger partial charge in [0.15, 0.2) is 0 Å². The van der Waals surface area contributed by atoms with E-state index in [1.165, 1.54) is 0 Å². The van der Waals surface area contributed by atoms with Crippen LogP contribution in [0.3, 0.4) is 0 Å². The molecule has 1 rings (SSSR count). The summed E-state index contributed by atoms with van der Waals surface area (Å²) in [5.41, 5.74) is 5.78. The number of amides is 1. The summed E-state index contributed by atoms with van der Waals surface area (Å²) in [6, 6.07) is 0.0512. The number of hydrogen-bond donors (Lipinski definition) is 2. The lowest BCUT2D eigenvalue weighted by molar-refractivity contribution is -0.127. The van der Waals surface area contributed by atoms with Gasteiger partial charge in [0.25, 0.3) is 0 Å². The van der Waals surface area contributed by atoms with Gasteiger partial charge in [-0.2, -0.15) is 0 Å². The minimum Gasteiger partial charge on any atom is -0.356 e. The molecule has 3 heteroatoms. The monoisotopic (exact) mass is 156 g/mol. The van der Waals surface area contributed by atoms with Crippen LogP contribution in [-0.2, 0) is 4.79 Å². The average molecular weight is 156 g/mol. The summed E-state index contributed by atoms with van der Waals surface area (Å²) in [4.78, 5) is 11.2. The number of rotatable bonds is 2. The SMILES string of the molecule is CCC(N)C1CCCNC1=O. The van der Waals surface area contributed by atoms with Crippen LogP contribution in [0, 0.1) is 5.92 Å². The zero-order valence-corrected chi connectivity index (χ0v) is 6.97. The highest BCUT2D eigenvalue weighted by atomic mass is 16.1. The summed E-state index contributed by atoms with van der Waals surface area (Å²) in [7, 11) is 0. The Hall–Kier alpha value is -0.570. The molecule has 0 aromatic rings. The first-order chi connectivity index (χ1) is 5.25. The van der Waals surface area contributed by atoms with E-state index in [9.17, 15) is 4.79 Å². The average Bonchev–Trinajstić information content (AvgIpc) is 2.04. The van der Waals surface area contributed by atoms with E-state index in [-0.39, 0.29) is 17.9 Å². The van der Waals surface area contributed by atoms with Crippen LogP contribution in [0.25, 0.3) is 0 Å². The third kappa shape index (κ3) is 1.93. The summed E-state index contributed by atoms with van der Waals surface area (Å²) in [5, 5.41) is 2.83. The molecule has 0 spiro atoms. The van der Waals surface area contributed by atoms with Gasteiger partial charge in [-0.15, -0.1) is 0 Å². The van der Waals surface area contributed by atoms with Crippen molar-refractivity contribution in [3.63, 3.8) is 0 Å². The van der Waals surface area contributed by atoms with Gasteiger partial charge in [0.1, 0.15) is 0 Å². The molecule has 2 unspecified atom stereocenters. The van der Waals surface area contributed by atoms with Crippen LogP contribution >= 0.6 is 0 Å². The molecule has 0 radical (unpaired) electrons. The smallest absolute Gasteiger partial charge is 0.224 e. The molecule has 1 saturated heterocycles. The van der Waals surface area contributed by atoms with E-state index >= 15 is 0 Å². The molecule has 0 aromatic carbocycles. The number of piperidine rings is 1. The standard InChI is InChI=1S/C8H16N2O/c1-2-7(9)6-4-3-5-10-8(6)11/h6-7H,2-5,9H2,1H3,(H,10,11). The largest absolute Gasteiger partial charge is 0.356 e. The van der Waals surface area contributed by atoms with Crippen LogP contribution in [0.5, 0.6) is 0 Å². The van der Waals surface area contributed by atoms with Gasteiger partial charge in [-0.05, 0) is 19.3 Å². The maximum Gasteiger partial charge on any atom is 0.224 e. The summed E-state index contributed by atoms with van der Waals surface area (Å²) in [5.74, 6) is 0.208. The second-order valence-corrected chi connectivity index (χ2v) is 3.11. The molecule has 1 heterocycles. The van der Waals surface area contributed by atoms with Gasteiger partial charge < -0.3 is 11.1 Å². The number of hydrogen-bond acceptors (Lipinski definition) is 2. The lowest BCUT2D eigenvalue weighted by Gasteiger charge is -2.25. The minimum absolute atomic E-state index is 0.0512. The second kappa shape index (κ2) is 3.72. The third-order valence-electron chi connectivity index (χ3n) is 2.32. The molecule has 0 aromatic heterocycles. The fourth-order valence-corrected chi connectivity index (χ4v) is 1.49. The molecular weight excluding hydrogens is 140 g/mol. The number of nitrogens with two attached hydrogens (primary N) is 1. The van der Waals surface area contributed by atoms with Crippen LogP contribution in [0.4, 0.5) is 0 Å². The van der Waals surface area contributed by atoms with Crippen LogP contribution in [0.1, 0.15) is 26.2 Å². The molecule has 1 fully saturated rings. The molecule has 11 heavy (non-hydrogen) atoms. The van der Waals surface area contributed by atoms with E-state index < -0.39 is 0 Å². The number of nitrogens with one attached hydrogen (secondary N) is 1. The Morgan fingerprint density at radius 1 is 1.82 bits per heavy atom. The topological polar surface area (TPSA) is 55.1 Å². The van der Waals surface area contributed by atoms with Crippen molar-refractivity contribution < 1.29 is 4.79 Å². The van der Waals surface area contributed by atoms with E-state index in [0.717, 1.165) is 25.8 Å². The zero-order chi connectivity index (χ0) is 8.27. The van der Waals surface area contributed by atoms with Crippen molar-refractivity contribution in [1.82, 2.24) is 5.32 Å². The van der Waals surface area contributed by atoms with Crippen molar-refractivity contribution in [3.05, 3.63) is 0 Å². The molecule has 0 aliphatic carbocycles. The molecule has 2 atom stereocenters. The minimum atomic E-state index is 0.0512. The van der Waals surface area contributed by atoms with E-state index in [0.29, 0.717) is 0 Å². The summed E-state index contributed by atoms with van der Waals surface area (Å²) < 4.78 is 0. The van der Waals surface area contributed by atoms with Crippen molar-refractivity contribution in [1.29, 1.82) is 0 Å². The molecule has 1 aliphatic rings. The Morgan fingerprint density at radius 3 is 3.09 bits per heavy atom. The lowest BCUT2D eigenvalue weighted by Crippen LogP contribution is -2.45. The van der Waals surface area contributed by atoms with Crippen LogP contribution < -0.4 is 11.1 Å². The van der Waals surface area contributed by atoms with E-state index in [4.69, 9.17) is 5.73 Å². The van der Waals surface area contributed by atoms with E-state index in [2.05, 4.69) is 5.32 Å². The summed E-state index contributed by atoms with van der Waals surface area (Å²) >= 11 is 0. The Balaban J connectivity index is 2.47. The second-order valence-electron chi connectivity index (χ2n) is 3.11. The fourth-order valence-electron chi connectivity index (χ4n) is 1.49. The quantitative estimate of drug-likeness (QED) is 0.602. The van der Waals surface area contributed by atoms with Crippen molar-refractivity contribution in [3.8, 4) is 0 Å². The number of carbonyl (C=O) groups excluding carboxylic acids is 1. The van der Waals surface area contributed by atoms with Crippen molar-refractivity contribution in [2.75, 3.05) is 6.54 Å². The fraction of sp³-hybridized carbons (Fsp3) is 0.875.